The van der Waals surface area contributed by atoms with Gasteiger partial charge in [-0.05, 0) is 30.3 Å². The van der Waals surface area contributed by atoms with Crippen LogP contribution in [0.25, 0.3) is 0 Å². The summed E-state index contributed by atoms with van der Waals surface area (Å²) in [4.78, 5) is 27.0. The molecular formula is C13H16N4O3S. The normalized spacial score (nSPS) is 10.6. The van der Waals surface area contributed by atoms with E-state index in [4.69, 9.17) is 10.5 Å². The zero-order valence-electron chi connectivity index (χ0n) is 11.8. The number of ether oxygens (including phenoxy) is 1. The van der Waals surface area contributed by atoms with Gasteiger partial charge in [0.05, 0.1) is 6.61 Å². The van der Waals surface area contributed by atoms with Crippen molar-refractivity contribution in [3.63, 3.8) is 0 Å². The van der Waals surface area contributed by atoms with Crippen molar-refractivity contribution in [2.45, 2.75) is 23.4 Å². The van der Waals surface area contributed by atoms with Gasteiger partial charge in [0.1, 0.15) is 5.75 Å². The molecule has 0 amide bonds. The van der Waals surface area contributed by atoms with Gasteiger partial charge in [0.15, 0.2) is 5.16 Å². The molecule has 21 heavy (non-hydrogen) atoms. The summed E-state index contributed by atoms with van der Waals surface area (Å²) in [6.45, 7) is 2.62. The molecule has 2 aromatic rings. The Hall–Kier alpha value is -2.22. The van der Waals surface area contributed by atoms with Crippen molar-refractivity contribution in [2.75, 3.05) is 12.3 Å². The van der Waals surface area contributed by atoms with E-state index in [1.165, 1.54) is 16.4 Å². The van der Waals surface area contributed by atoms with E-state index in [1.807, 2.05) is 13.0 Å². The van der Waals surface area contributed by atoms with E-state index < -0.39 is 11.1 Å². The fraction of sp³-hybridized carbons (Fsp3) is 0.308. The van der Waals surface area contributed by atoms with E-state index >= 15 is 0 Å². The molecule has 7 nitrogen and oxygen atoms in total. The maximum absolute atomic E-state index is 11.3. The number of H-pyrrole nitrogens is 1. The molecule has 2 rings (SSSR count). The van der Waals surface area contributed by atoms with Gasteiger partial charge in [-0.2, -0.15) is 4.98 Å². The zero-order chi connectivity index (χ0) is 15.4. The Morgan fingerprint density at radius 3 is 2.86 bits per heavy atom. The number of aryl methyl sites for hydroxylation is 1. The van der Waals surface area contributed by atoms with Crippen LogP contribution in [0.15, 0.2) is 37.8 Å². The van der Waals surface area contributed by atoms with Crippen LogP contribution in [0.3, 0.4) is 0 Å². The lowest BCUT2D eigenvalue weighted by atomic mass is 10.3. The van der Waals surface area contributed by atoms with Crippen molar-refractivity contribution in [1.82, 2.24) is 14.8 Å². The molecule has 0 saturated heterocycles. The van der Waals surface area contributed by atoms with Gasteiger partial charge in [-0.15, -0.1) is 0 Å². The smallest absolute Gasteiger partial charge is 0.339 e. The molecule has 0 aliphatic heterocycles. The predicted molar refractivity (Wildman–Crippen MR) is 80.9 cm³/mol. The number of nitrogens with zero attached hydrogens (tertiary/aromatic N) is 2. The topological polar surface area (TPSA) is 103 Å². The van der Waals surface area contributed by atoms with Crippen LogP contribution >= 0.6 is 11.8 Å². The van der Waals surface area contributed by atoms with E-state index in [9.17, 15) is 9.59 Å². The van der Waals surface area contributed by atoms with Crippen LogP contribution in [0.5, 0.6) is 5.75 Å². The minimum Gasteiger partial charge on any atom is -0.493 e. The predicted octanol–water partition coefficient (Wildman–Crippen LogP) is 0.991. The third-order valence-corrected chi connectivity index (χ3v) is 3.55. The maximum Gasteiger partial charge on any atom is 0.339 e. The van der Waals surface area contributed by atoms with Crippen molar-refractivity contribution in [3.05, 3.63) is 38.9 Å². The Labute approximate surface area is 125 Å². The number of aromatic nitrogens is 3. The number of hydrogen-bond acceptors (Lipinski definition) is 6. The Bertz CT molecular complexity index is 754. The molecule has 3 N–H and O–H groups in total. The van der Waals surface area contributed by atoms with Gasteiger partial charge >= 0.3 is 11.1 Å². The lowest BCUT2D eigenvalue weighted by Gasteiger charge is -2.09. The molecule has 1 aromatic carbocycles. The van der Waals surface area contributed by atoms with Crippen molar-refractivity contribution in [1.29, 1.82) is 0 Å². The molecule has 0 unspecified atom stereocenters. The maximum atomic E-state index is 11.3. The number of rotatable bonds is 5. The fourth-order valence-electron chi connectivity index (χ4n) is 1.61. The quantitative estimate of drug-likeness (QED) is 0.631. The Balaban J connectivity index is 2.31. The van der Waals surface area contributed by atoms with Crippen molar-refractivity contribution in [3.8, 4) is 5.75 Å². The number of anilines is 1. The first-order valence-corrected chi connectivity index (χ1v) is 7.20. The van der Waals surface area contributed by atoms with E-state index in [-0.39, 0.29) is 0 Å². The van der Waals surface area contributed by atoms with Crippen molar-refractivity contribution in [2.24, 2.45) is 7.05 Å². The Kier molecular flexibility index (Phi) is 4.69. The molecule has 0 aliphatic rings. The monoisotopic (exact) mass is 308 g/mol. The number of aromatic amines is 1. The molecule has 1 aromatic heterocycles. The van der Waals surface area contributed by atoms with Crippen LogP contribution in [0, 0.1) is 0 Å². The minimum atomic E-state index is -0.818. The van der Waals surface area contributed by atoms with Crippen LogP contribution in [0.2, 0.25) is 0 Å². The summed E-state index contributed by atoms with van der Waals surface area (Å²) in [6.07, 6.45) is 0.896. The Morgan fingerprint density at radius 2 is 2.14 bits per heavy atom. The summed E-state index contributed by atoms with van der Waals surface area (Å²) in [5.74, 6) is 0.661. The van der Waals surface area contributed by atoms with Crippen molar-refractivity contribution < 1.29 is 4.74 Å². The summed E-state index contributed by atoms with van der Waals surface area (Å²) in [6, 6.07) is 5.30. The molecule has 8 heteroatoms. The lowest BCUT2D eigenvalue weighted by molar-refractivity contribution is 0.317. The second kappa shape index (κ2) is 6.49. The van der Waals surface area contributed by atoms with Gasteiger partial charge < -0.3 is 10.5 Å². The van der Waals surface area contributed by atoms with Gasteiger partial charge in [-0.25, -0.2) is 0 Å². The van der Waals surface area contributed by atoms with Crippen molar-refractivity contribution >= 4 is 17.4 Å². The summed E-state index contributed by atoms with van der Waals surface area (Å²) in [5, 5.41) is 2.76. The number of benzene rings is 1. The third-order valence-electron chi connectivity index (χ3n) is 2.53. The summed E-state index contributed by atoms with van der Waals surface area (Å²) >= 11 is 1.22. The average Bonchev–Trinajstić information content (AvgIpc) is 2.42. The molecule has 0 radical (unpaired) electrons. The number of hydrogen-bond donors (Lipinski definition) is 2. The second-order valence-electron chi connectivity index (χ2n) is 4.39. The number of nitrogens with two attached hydrogens (primary N) is 1. The highest BCUT2D eigenvalue weighted by atomic mass is 32.2. The molecule has 0 fully saturated rings. The van der Waals surface area contributed by atoms with E-state index in [2.05, 4.69) is 10.1 Å². The van der Waals surface area contributed by atoms with Crippen LogP contribution < -0.4 is 21.6 Å². The molecule has 112 valence electrons. The first-order chi connectivity index (χ1) is 9.99. The van der Waals surface area contributed by atoms with Crippen LogP contribution in [0.4, 0.5) is 5.69 Å². The van der Waals surface area contributed by atoms with Crippen LogP contribution in [0.1, 0.15) is 13.3 Å². The highest BCUT2D eigenvalue weighted by Crippen LogP contribution is 2.30. The first kappa shape index (κ1) is 15.2. The molecule has 0 atom stereocenters. The summed E-state index contributed by atoms with van der Waals surface area (Å²) in [7, 11) is 1.61. The Morgan fingerprint density at radius 1 is 1.38 bits per heavy atom. The van der Waals surface area contributed by atoms with E-state index in [1.54, 1.807) is 19.2 Å². The molecule has 0 saturated carbocycles. The molecule has 0 bridgehead atoms. The highest BCUT2D eigenvalue weighted by Gasteiger charge is 2.08. The fourth-order valence-corrected chi connectivity index (χ4v) is 2.51. The van der Waals surface area contributed by atoms with Gasteiger partial charge in [-0.1, -0.05) is 6.92 Å². The summed E-state index contributed by atoms with van der Waals surface area (Å²) < 4.78 is 6.94. The lowest BCUT2D eigenvalue weighted by Crippen LogP contribution is -2.33. The van der Waals surface area contributed by atoms with Gasteiger partial charge in [0, 0.05) is 23.7 Å². The van der Waals surface area contributed by atoms with Gasteiger partial charge in [-0.3, -0.25) is 19.4 Å². The number of nitrogens with one attached hydrogen (secondary N) is 1. The molecular weight excluding hydrogens is 292 g/mol. The van der Waals surface area contributed by atoms with Gasteiger partial charge in [0.25, 0.3) is 0 Å². The van der Waals surface area contributed by atoms with Crippen LogP contribution in [-0.4, -0.2) is 21.4 Å². The third kappa shape index (κ3) is 3.88. The molecule has 0 spiro atoms. The van der Waals surface area contributed by atoms with E-state index in [0.717, 1.165) is 11.3 Å². The largest absolute Gasteiger partial charge is 0.493 e. The standard InChI is InChI=1S/C13H16N4O3S/c1-3-4-20-9-5-8(14)6-10(7-9)21-13-15-11(18)12(19)16-17(13)2/h5-7H,3-4,14H2,1-2H3,(H,16,19). The van der Waals surface area contributed by atoms with Crippen LogP contribution in [-0.2, 0) is 7.05 Å². The summed E-state index contributed by atoms with van der Waals surface area (Å²) in [5.41, 5.74) is 4.83. The highest BCUT2D eigenvalue weighted by molar-refractivity contribution is 7.99. The van der Waals surface area contributed by atoms with Gasteiger partial charge in [0.2, 0.25) is 0 Å². The minimum absolute atomic E-state index is 0.367. The second-order valence-corrected chi connectivity index (χ2v) is 5.43. The molecule has 1 heterocycles. The average molecular weight is 308 g/mol. The molecule has 0 aliphatic carbocycles. The zero-order valence-corrected chi connectivity index (χ0v) is 12.6. The van der Waals surface area contributed by atoms with E-state index in [0.29, 0.717) is 23.2 Å². The SMILES string of the molecule is CCCOc1cc(N)cc(Sc2nc(=O)c(=O)[nH]n2C)c1. The number of nitrogen functional groups attached to an aromatic ring is 1. The first-order valence-electron chi connectivity index (χ1n) is 6.38.